The zero-order chi connectivity index (χ0) is 25.1. The van der Waals surface area contributed by atoms with Gasteiger partial charge in [0.25, 0.3) is 0 Å². The van der Waals surface area contributed by atoms with Crippen molar-refractivity contribution < 1.29 is 0 Å². The minimum Gasteiger partial charge on any atom is -0.398 e. The van der Waals surface area contributed by atoms with Crippen molar-refractivity contribution in [2.24, 2.45) is 5.92 Å². The first-order valence-corrected chi connectivity index (χ1v) is 12.0. The summed E-state index contributed by atoms with van der Waals surface area (Å²) < 4.78 is 2.30. The number of aromatic nitrogens is 4. The van der Waals surface area contributed by atoms with Crippen molar-refractivity contribution in [1.82, 2.24) is 19.5 Å². The van der Waals surface area contributed by atoms with Crippen LogP contribution in [0.15, 0.2) is 54.6 Å². The van der Waals surface area contributed by atoms with E-state index in [9.17, 15) is 0 Å². The van der Waals surface area contributed by atoms with Gasteiger partial charge in [-0.05, 0) is 24.5 Å². The van der Waals surface area contributed by atoms with Gasteiger partial charge >= 0.3 is 0 Å². The number of nitrogen functional groups attached to an aromatic ring is 3. The molecule has 0 aliphatic rings. The van der Waals surface area contributed by atoms with Crippen LogP contribution in [-0.4, -0.2) is 33.1 Å². The molecule has 0 bridgehead atoms. The summed E-state index contributed by atoms with van der Waals surface area (Å²) in [5.74, 6) is 2.47. The van der Waals surface area contributed by atoms with Crippen molar-refractivity contribution in [3.05, 3.63) is 54.6 Å². The average molecular weight is 471 g/mol. The van der Waals surface area contributed by atoms with Gasteiger partial charge in [-0.15, -0.1) is 0 Å². The second-order valence-corrected chi connectivity index (χ2v) is 9.20. The Bertz CT molecular complexity index is 1470. The normalized spacial score (nSPS) is 11.2. The van der Waals surface area contributed by atoms with Crippen LogP contribution < -0.4 is 22.1 Å². The third-order valence-electron chi connectivity index (χ3n) is 5.81. The van der Waals surface area contributed by atoms with Crippen LogP contribution in [0.4, 0.5) is 23.3 Å². The standard InChI is InChI=1S/C18H25N5.C9H9N3/c1-5-10-22(4)18-21-15-16(23(18)11-12(2)3)13-8-6-7-9-14(13)20-17(15)19;10-7-5-9(11)12-8-4-2-1-3-6(7)8/h6-9,12H,5,10-11H2,1-4H3,(H2,19,20);1-5H,(H4,10,11,12). The smallest absolute Gasteiger partial charge is 0.206 e. The number of hydrogen-bond donors (Lipinski definition) is 3. The van der Waals surface area contributed by atoms with Crippen LogP contribution in [0.5, 0.6) is 0 Å². The summed E-state index contributed by atoms with van der Waals surface area (Å²) in [6, 6.07) is 17.5. The fourth-order valence-corrected chi connectivity index (χ4v) is 4.34. The molecule has 182 valence electrons. The monoisotopic (exact) mass is 470 g/mol. The van der Waals surface area contributed by atoms with Crippen LogP contribution in [-0.2, 0) is 6.54 Å². The molecule has 0 saturated carbocycles. The Hall–Kier alpha value is -4.07. The second-order valence-electron chi connectivity index (χ2n) is 9.20. The van der Waals surface area contributed by atoms with Crippen molar-refractivity contribution in [1.29, 1.82) is 0 Å². The van der Waals surface area contributed by atoms with E-state index in [2.05, 4.69) is 53.3 Å². The summed E-state index contributed by atoms with van der Waals surface area (Å²) in [5, 5.41) is 2.06. The number of hydrogen-bond acceptors (Lipinski definition) is 7. The fraction of sp³-hybridized carbons (Fsp3) is 0.296. The van der Waals surface area contributed by atoms with Crippen LogP contribution in [0.1, 0.15) is 27.2 Å². The molecule has 0 atom stereocenters. The number of nitrogens with two attached hydrogens (primary N) is 3. The number of para-hydroxylation sites is 2. The highest BCUT2D eigenvalue weighted by atomic mass is 15.3. The molecular formula is C27H34N8. The molecule has 3 aromatic heterocycles. The van der Waals surface area contributed by atoms with E-state index in [0.717, 1.165) is 58.3 Å². The van der Waals surface area contributed by atoms with Crippen molar-refractivity contribution in [2.75, 3.05) is 35.7 Å². The van der Waals surface area contributed by atoms with Gasteiger partial charge < -0.3 is 26.7 Å². The van der Waals surface area contributed by atoms with E-state index in [1.165, 1.54) is 0 Å². The first kappa shape index (κ1) is 24.1. The van der Waals surface area contributed by atoms with Gasteiger partial charge in [0, 0.05) is 42.7 Å². The second kappa shape index (κ2) is 10.0. The zero-order valence-corrected chi connectivity index (χ0v) is 20.9. The molecule has 0 fully saturated rings. The summed E-state index contributed by atoms with van der Waals surface area (Å²) in [6.45, 7) is 8.50. The van der Waals surface area contributed by atoms with Crippen LogP contribution >= 0.6 is 0 Å². The number of fused-ring (bicyclic) bond motifs is 4. The Labute approximate surface area is 205 Å². The number of imidazole rings is 1. The van der Waals surface area contributed by atoms with E-state index in [-0.39, 0.29) is 0 Å². The van der Waals surface area contributed by atoms with E-state index in [0.29, 0.717) is 23.2 Å². The molecular weight excluding hydrogens is 436 g/mol. The van der Waals surface area contributed by atoms with Crippen molar-refractivity contribution in [3.63, 3.8) is 0 Å². The van der Waals surface area contributed by atoms with Gasteiger partial charge in [-0.2, -0.15) is 0 Å². The zero-order valence-electron chi connectivity index (χ0n) is 20.9. The van der Waals surface area contributed by atoms with Crippen molar-refractivity contribution in [3.8, 4) is 0 Å². The van der Waals surface area contributed by atoms with Crippen LogP contribution in [0.2, 0.25) is 0 Å². The quantitative estimate of drug-likeness (QED) is 0.327. The molecule has 0 amide bonds. The lowest BCUT2D eigenvalue weighted by Gasteiger charge is -2.20. The molecule has 0 unspecified atom stereocenters. The van der Waals surface area contributed by atoms with Gasteiger partial charge in [0.05, 0.1) is 16.6 Å². The van der Waals surface area contributed by atoms with Crippen LogP contribution in [0, 0.1) is 5.92 Å². The predicted molar refractivity (Wildman–Crippen MR) is 148 cm³/mol. The van der Waals surface area contributed by atoms with Crippen molar-refractivity contribution in [2.45, 2.75) is 33.7 Å². The molecule has 0 aliphatic carbocycles. The number of anilines is 4. The molecule has 0 aliphatic heterocycles. The molecule has 35 heavy (non-hydrogen) atoms. The lowest BCUT2D eigenvalue weighted by molar-refractivity contribution is 0.531. The maximum absolute atomic E-state index is 6.20. The summed E-state index contributed by atoms with van der Waals surface area (Å²) in [5.41, 5.74) is 21.8. The summed E-state index contributed by atoms with van der Waals surface area (Å²) in [4.78, 5) is 15.7. The first-order chi connectivity index (χ1) is 16.8. The van der Waals surface area contributed by atoms with Gasteiger partial charge in [-0.3, -0.25) is 0 Å². The van der Waals surface area contributed by atoms with Crippen molar-refractivity contribution >= 4 is 56.1 Å². The fourth-order valence-electron chi connectivity index (χ4n) is 4.34. The van der Waals surface area contributed by atoms with Gasteiger partial charge in [-0.1, -0.05) is 57.2 Å². The van der Waals surface area contributed by atoms with E-state index < -0.39 is 0 Å². The number of nitrogens with zero attached hydrogens (tertiary/aromatic N) is 5. The Morgan fingerprint density at radius 2 is 1.51 bits per heavy atom. The number of rotatable bonds is 5. The minimum absolute atomic E-state index is 0.464. The average Bonchev–Trinajstić information content (AvgIpc) is 3.19. The topological polar surface area (TPSA) is 125 Å². The van der Waals surface area contributed by atoms with E-state index >= 15 is 0 Å². The van der Waals surface area contributed by atoms with Crippen LogP contribution in [0.3, 0.4) is 0 Å². The number of benzene rings is 2. The molecule has 0 spiro atoms. The highest BCUT2D eigenvalue weighted by Gasteiger charge is 2.19. The molecule has 8 heteroatoms. The molecule has 8 nitrogen and oxygen atoms in total. The molecule has 5 rings (SSSR count). The summed E-state index contributed by atoms with van der Waals surface area (Å²) in [6.07, 6.45) is 1.08. The Morgan fingerprint density at radius 1 is 0.886 bits per heavy atom. The molecule has 0 saturated heterocycles. The Kier molecular flexibility index (Phi) is 6.91. The predicted octanol–water partition coefficient (Wildman–Crippen LogP) is 5.07. The maximum Gasteiger partial charge on any atom is 0.206 e. The Balaban J connectivity index is 0.000000201. The van der Waals surface area contributed by atoms with Gasteiger partial charge in [-0.25, -0.2) is 15.0 Å². The van der Waals surface area contributed by atoms with Gasteiger partial charge in [0.1, 0.15) is 11.3 Å². The lowest BCUT2D eigenvalue weighted by atomic mass is 10.1. The van der Waals surface area contributed by atoms with E-state index in [1.54, 1.807) is 6.07 Å². The molecule has 3 heterocycles. The first-order valence-electron chi connectivity index (χ1n) is 12.0. The molecule has 2 aromatic carbocycles. The highest BCUT2D eigenvalue weighted by Crippen LogP contribution is 2.32. The minimum atomic E-state index is 0.464. The van der Waals surface area contributed by atoms with Gasteiger partial charge in [0.15, 0.2) is 5.82 Å². The summed E-state index contributed by atoms with van der Waals surface area (Å²) in [7, 11) is 2.09. The lowest BCUT2D eigenvalue weighted by Crippen LogP contribution is -2.23. The Morgan fingerprint density at radius 3 is 2.17 bits per heavy atom. The molecule has 5 aromatic rings. The SMILES string of the molecule is CCCN(C)c1nc2c(N)nc3ccccc3c2n1CC(C)C.Nc1cc(N)c2ccccc2n1. The van der Waals surface area contributed by atoms with Gasteiger partial charge in [0.2, 0.25) is 5.95 Å². The van der Waals surface area contributed by atoms with Crippen LogP contribution in [0.25, 0.3) is 32.8 Å². The molecule has 6 N–H and O–H groups in total. The largest absolute Gasteiger partial charge is 0.398 e. The highest BCUT2D eigenvalue weighted by molar-refractivity contribution is 6.07. The van der Waals surface area contributed by atoms with E-state index in [4.69, 9.17) is 22.2 Å². The maximum atomic E-state index is 6.20. The third-order valence-corrected chi connectivity index (χ3v) is 5.81. The summed E-state index contributed by atoms with van der Waals surface area (Å²) >= 11 is 0. The number of pyridine rings is 2. The third kappa shape index (κ3) is 4.91. The van der Waals surface area contributed by atoms with E-state index in [1.807, 2.05) is 42.5 Å². The molecule has 0 radical (unpaired) electrons.